The van der Waals surface area contributed by atoms with Gasteiger partial charge < -0.3 is 5.32 Å². The Labute approximate surface area is 172 Å². The largest absolute Gasteiger partial charge is 0.353 e. The molecule has 1 N–H and O–H groups in total. The smallest absolute Gasteiger partial charge is 0.220 e. The highest BCUT2D eigenvalue weighted by Gasteiger charge is 2.18. The number of aromatic nitrogens is 4. The predicted molar refractivity (Wildman–Crippen MR) is 115 cm³/mol. The molecule has 1 aliphatic rings. The van der Waals surface area contributed by atoms with E-state index in [2.05, 4.69) is 30.2 Å². The average Bonchev–Trinajstić information content (AvgIpc) is 2.84. The van der Waals surface area contributed by atoms with Crippen molar-refractivity contribution in [2.75, 3.05) is 0 Å². The van der Waals surface area contributed by atoms with Crippen LogP contribution >= 0.6 is 0 Å². The van der Waals surface area contributed by atoms with Gasteiger partial charge in [-0.25, -0.2) is 14.5 Å². The molecule has 1 aliphatic carbocycles. The Morgan fingerprint density at radius 3 is 2.55 bits per heavy atom. The predicted octanol–water partition coefficient (Wildman–Crippen LogP) is 4.28. The van der Waals surface area contributed by atoms with Crippen LogP contribution in [-0.2, 0) is 11.2 Å². The van der Waals surface area contributed by atoms with E-state index in [0.717, 1.165) is 57.7 Å². The Kier molecular flexibility index (Phi) is 5.52. The van der Waals surface area contributed by atoms with E-state index in [9.17, 15) is 4.79 Å². The Morgan fingerprint density at radius 1 is 1.10 bits per heavy atom. The fourth-order valence-corrected chi connectivity index (χ4v) is 4.69. The maximum absolute atomic E-state index is 12.5. The van der Waals surface area contributed by atoms with Gasteiger partial charge in [-0.2, -0.15) is 0 Å². The molecule has 0 bridgehead atoms. The van der Waals surface area contributed by atoms with Crippen molar-refractivity contribution in [2.45, 2.75) is 85.1 Å². The Hall–Kier alpha value is -2.50. The summed E-state index contributed by atoms with van der Waals surface area (Å²) in [6.45, 7) is 8.16. The van der Waals surface area contributed by atoms with Crippen molar-refractivity contribution in [1.29, 1.82) is 0 Å². The minimum atomic E-state index is 0.148. The van der Waals surface area contributed by atoms with Crippen LogP contribution < -0.4 is 5.32 Å². The fraction of sp³-hybridized carbons (Fsp3) is 0.565. The Balaban J connectivity index is 1.56. The molecule has 0 radical (unpaired) electrons. The first-order valence-electron chi connectivity index (χ1n) is 10.9. The highest BCUT2D eigenvalue weighted by molar-refractivity contribution is 5.93. The van der Waals surface area contributed by atoms with Crippen molar-refractivity contribution < 1.29 is 4.79 Å². The Morgan fingerprint density at radius 2 is 1.83 bits per heavy atom. The third kappa shape index (κ3) is 3.98. The molecule has 3 heterocycles. The zero-order valence-electron chi connectivity index (χ0n) is 18.0. The zero-order valence-corrected chi connectivity index (χ0v) is 18.0. The van der Waals surface area contributed by atoms with E-state index in [1.54, 1.807) is 0 Å². The van der Waals surface area contributed by atoms with Crippen LogP contribution in [-0.4, -0.2) is 31.5 Å². The summed E-state index contributed by atoms with van der Waals surface area (Å²) in [5.74, 6) is 0.148. The monoisotopic (exact) mass is 393 g/mol. The number of fused-ring (bicyclic) bond motifs is 3. The standard InChI is InChI=1S/C23H31N5O/c1-14-13-15(2)24-22-21(14)23-25-16(3)19(17(4)28(23)27-22)11-12-20(29)26-18-9-7-5-6-8-10-18/h13,18H,5-12H2,1-4H3,(H,26,29). The number of hydrogen-bond acceptors (Lipinski definition) is 4. The molecule has 3 aromatic rings. The highest BCUT2D eigenvalue weighted by atomic mass is 16.1. The summed E-state index contributed by atoms with van der Waals surface area (Å²) in [7, 11) is 0. The number of aryl methyl sites for hydroxylation is 4. The number of hydrogen-bond donors (Lipinski definition) is 1. The fourth-order valence-electron chi connectivity index (χ4n) is 4.69. The number of amides is 1. The van der Waals surface area contributed by atoms with Crippen LogP contribution in [0.2, 0.25) is 0 Å². The van der Waals surface area contributed by atoms with Gasteiger partial charge in [0.05, 0.1) is 5.39 Å². The second-order valence-electron chi connectivity index (χ2n) is 8.53. The summed E-state index contributed by atoms with van der Waals surface area (Å²) in [5.41, 5.74) is 6.82. The van der Waals surface area contributed by atoms with Gasteiger partial charge in [0, 0.05) is 29.5 Å². The van der Waals surface area contributed by atoms with Gasteiger partial charge in [-0.3, -0.25) is 4.79 Å². The van der Waals surface area contributed by atoms with Crippen LogP contribution in [0.3, 0.4) is 0 Å². The van der Waals surface area contributed by atoms with Gasteiger partial charge in [0.25, 0.3) is 0 Å². The SMILES string of the molecule is Cc1cc(C)c2c(n1)nn1c(C)c(CCC(=O)NC3CCCCCC3)c(C)nc21. The lowest BCUT2D eigenvalue weighted by Crippen LogP contribution is -2.34. The third-order valence-corrected chi connectivity index (χ3v) is 6.23. The van der Waals surface area contributed by atoms with E-state index in [1.807, 2.05) is 18.4 Å². The molecule has 1 amide bonds. The van der Waals surface area contributed by atoms with Gasteiger partial charge in [0.15, 0.2) is 11.3 Å². The minimum Gasteiger partial charge on any atom is -0.353 e. The number of carbonyl (C=O) groups is 1. The number of carbonyl (C=O) groups excluding carboxylic acids is 1. The molecule has 3 aromatic heterocycles. The van der Waals surface area contributed by atoms with Gasteiger partial charge in [-0.1, -0.05) is 25.7 Å². The molecule has 1 fully saturated rings. The van der Waals surface area contributed by atoms with E-state index >= 15 is 0 Å². The zero-order chi connectivity index (χ0) is 20.5. The quantitative estimate of drug-likeness (QED) is 0.672. The minimum absolute atomic E-state index is 0.148. The van der Waals surface area contributed by atoms with E-state index in [0.29, 0.717) is 18.9 Å². The van der Waals surface area contributed by atoms with E-state index < -0.39 is 0 Å². The second kappa shape index (κ2) is 8.09. The van der Waals surface area contributed by atoms with Crippen LogP contribution in [0, 0.1) is 27.7 Å². The number of pyridine rings is 1. The van der Waals surface area contributed by atoms with E-state index in [-0.39, 0.29) is 5.91 Å². The Bertz CT molecular complexity index is 1060. The first-order valence-corrected chi connectivity index (χ1v) is 10.9. The molecule has 0 aromatic carbocycles. The highest BCUT2D eigenvalue weighted by Crippen LogP contribution is 2.25. The van der Waals surface area contributed by atoms with E-state index in [1.165, 1.54) is 25.7 Å². The van der Waals surface area contributed by atoms with Crippen LogP contribution in [0.25, 0.3) is 16.7 Å². The summed E-state index contributed by atoms with van der Waals surface area (Å²) < 4.78 is 1.90. The van der Waals surface area contributed by atoms with E-state index in [4.69, 9.17) is 10.1 Å². The summed E-state index contributed by atoms with van der Waals surface area (Å²) in [6, 6.07) is 2.42. The van der Waals surface area contributed by atoms with Gasteiger partial charge in [-0.05, 0) is 64.2 Å². The molecule has 4 rings (SSSR count). The molecule has 154 valence electrons. The van der Waals surface area contributed by atoms with Crippen molar-refractivity contribution >= 4 is 22.6 Å². The number of nitrogens with one attached hydrogen (secondary N) is 1. The number of rotatable bonds is 4. The molecule has 0 aliphatic heterocycles. The van der Waals surface area contributed by atoms with Crippen LogP contribution in [0.4, 0.5) is 0 Å². The van der Waals surface area contributed by atoms with Gasteiger partial charge in [0.2, 0.25) is 5.91 Å². The van der Waals surface area contributed by atoms with Crippen molar-refractivity contribution in [1.82, 2.24) is 24.9 Å². The van der Waals surface area contributed by atoms with Gasteiger partial charge in [0.1, 0.15) is 0 Å². The molecule has 1 saturated carbocycles. The summed E-state index contributed by atoms with van der Waals surface area (Å²) >= 11 is 0. The molecule has 0 spiro atoms. The summed E-state index contributed by atoms with van der Waals surface area (Å²) in [4.78, 5) is 22.0. The lowest BCUT2D eigenvalue weighted by atomic mass is 10.0. The molecular formula is C23H31N5O. The summed E-state index contributed by atoms with van der Waals surface area (Å²) in [6.07, 6.45) is 8.44. The molecular weight excluding hydrogens is 362 g/mol. The third-order valence-electron chi connectivity index (χ3n) is 6.23. The topological polar surface area (TPSA) is 72.2 Å². The molecule has 6 nitrogen and oxygen atoms in total. The van der Waals surface area contributed by atoms with Crippen molar-refractivity contribution in [3.63, 3.8) is 0 Å². The van der Waals surface area contributed by atoms with Crippen LogP contribution in [0.5, 0.6) is 0 Å². The molecule has 0 saturated heterocycles. The molecule has 0 unspecified atom stereocenters. The number of nitrogens with zero attached hydrogens (tertiary/aromatic N) is 4. The van der Waals surface area contributed by atoms with Crippen molar-refractivity contribution in [3.05, 3.63) is 34.3 Å². The second-order valence-corrected chi connectivity index (χ2v) is 8.53. The molecule has 0 atom stereocenters. The lowest BCUT2D eigenvalue weighted by molar-refractivity contribution is -0.121. The maximum Gasteiger partial charge on any atom is 0.220 e. The molecule has 6 heteroatoms. The van der Waals surface area contributed by atoms with Crippen molar-refractivity contribution in [2.24, 2.45) is 0 Å². The first-order chi connectivity index (χ1) is 13.9. The average molecular weight is 394 g/mol. The lowest BCUT2D eigenvalue weighted by Gasteiger charge is -2.17. The maximum atomic E-state index is 12.5. The first kappa shape index (κ1) is 19.8. The van der Waals surface area contributed by atoms with Crippen molar-refractivity contribution in [3.8, 4) is 0 Å². The van der Waals surface area contributed by atoms with Crippen LogP contribution in [0.1, 0.15) is 73.2 Å². The summed E-state index contributed by atoms with van der Waals surface area (Å²) in [5, 5.41) is 8.97. The normalized spacial score (nSPS) is 15.7. The van der Waals surface area contributed by atoms with Gasteiger partial charge in [-0.15, -0.1) is 5.10 Å². The van der Waals surface area contributed by atoms with Crippen LogP contribution in [0.15, 0.2) is 6.07 Å². The van der Waals surface area contributed by atoms with Gasteiger partial charge >= 0.3 is 0 Å². The molecule has 29 heavy (non-hydrogen) atoms.